The molecule has 2 saturated carbocycles. The maximum atomic E-state index is 11.5. The lowest BCUT2D eigenvalue weighted by Gasteiger charge is -2.56. The Balaban J connectivity index is 1.70. The van der Waals surface area contributed by atoms with Gasteiger partial charge in [-0.05, 0) is 79.1 Å². The van der Waals surface area contributed by atoms with E-state index in [1.807, 2.05) is 6.08 Å². The molecule has 0 heterocycles. The molecule has 4 heteroatoms. The monoisotopic (exact) mass is 336 g/mol. The number of allylic oxidation sites excluding steroid dienone is 4. The van der Waals surface area contributed by atoms with Crippen molar-refractivity contribution in [3.05, 3.63) is 23.0 Å². The molecule has 23 heavy (non-hydrogen) atoms. The SMILES string of the molecule is C[C@]12CCC([PH](=O)O)=CC1=CC[C@@H]1[C@H]2CC[C@]2(C)C(O)CC[C@@H]12. The van der Waals surface area contributed by atoms with Gasteiger partial charge in [0.15, 0.2) is 0 Å². The van der Waals surface area contributed by atoms with Crippen LogP contribution in [0.15, 0.2) is 23.0 Å². The van der Waals surface area contributed by atoms with E-state index in [1.54, 1.807) is 0 Å². The van der Waals surface area contributed by atoms with E-state index in [9.17, 15) is 14.6 Å². The van der Waals surface area contributed by atoms with Gasteiger partial charge in [0, 0.05) is 5.31 Å². The van der Waals surface area contributed by atoms with Crippen LogP contribution in [0.4, 0.5) is 0 Å². The van der Waals surface area contributed by atoms with Gasteiger partial charge < -0.3 is 10.00 Å². The van der Waals surface area contributed by atoms with Gasteiger partial charge >= 0.3 is 0 Å². The lowest BCUT2D eigenvalue weighted by atomic mass is 9.49. The van der Waals surface area contributed by atoms with Crippen molar-refractivity contribution in [1.29, 1.82) is 0 Å². The van der Waals surface area contributed by atoms with Crippen LogP contribution in [0, 0.1) is 28.6 Å². The summed E-state index contributed by atoms with van der Waals surface area (Å²) < 4.78 is 11.5. The number of fused-ring (bicyclic) bond motifs is 5. The molecule has 0 aromatic rings. The summed E-state index contributed by atoms with van der Waals surface area (Å²) >= 11 is 0. The summed E-state index contributed by atoms with van der Waals surface area (Å²) in [6, 6.07) is 0. The molecule has 0 amide bonds. The van der Waals surface area contributed by atoms with Gasteiger partial charge in [0.2, 0.25) is 8.03 Å². The van der Waals surface area contributed by atoms with Gasteiger partial charge in [-0.25, -0.2) is 0 Å². The van der Waals surface area contributed by atoms with Crippen LogP contribution in [0.1, 0.15) is 58.8 Å². The van der Waals surface area contributed by atoms with E-state index in [0.717, 1.165) is 37.4 Å². The Bertz CT molecular complexity index is 610. The largest absolute Gasteiger partial charge is 0.393 e. The van der Waals surface area contributed by atoms with Gasteiger partial charge in [-0.3, -0.25) is 4.57 Å². The predicted octanol–water partition coefficient (Wildman–Crippen LogP) is 4.27. The minimum atomic E-state index is -2.53. The normalized spacial score (nSPS) is 50.3. The van der Waals surface area contributed by atoms with Gasteiger partial charge in [-0.2, -0.15) is 0 Å². The first-order valence-corrected chi connectivity index (χ1v) is 10.5. The molecule has 7 atom stereocenters. The lowest BCUT2D eigenvalue weighted by Crippen LogP contribution is -2.50. The molecule has 0 aliphatic heterocycles. The molecule has 4 aliphatic rings. The number of hydrogen-bond donors (Lipinski definition) is 2. The van der Waals surface area contributed by atoms with E-state index in [-0.39, 0.29) is 16.9 Å². The van der Waals surface area contributed by atoms with Gasteiger partial charge in [0.25, 0.3) is 0 Å². The van der Waals surface area contributed by atoms with Crippen molar-refractivity contribution in [3.8, 4) is 0 Å². The van der Waals surface area contributed by atoms with E-state index in [0.29, 0.717) is 17.8 Å². The van der Waals surface area contributed by atoms with Crippen LogP contribution < -0.4 is 0 Å². The van der Waals surface area contributed by atoms with E-state index in [4.69, 9.17) is 0 Å². The molecule has 4 aliphatic carbocycles. The molecule has 0 aromatic carbocycles. The third kappa shape index (κ3) is 2.19. The average molecular weight is 336 g/mol. The van der Waals surface area contributed by atoms with Crippen LogP contribution in [-0.2, 0) is 4.57 Å². The fourth-order valence-electron chi connectivity index (χ4n) is 6.47. The zero-order valence-corrected chi connectivity index (χ0v) is 15.2. The van der Waals surface area contributed by atoms with Gasteiger partial charge in [0.1, 0.15) is 0 Å². The Morgan fingerprint density at radius 1 is 1.17 bits per heavy atom. The van der Waals surface area contributed by atoms with Gasteiger partial charge in [-0.15, -0.1) is 0 Å². The van der Waals surface area contributed by atoms with Crippen LogP contribution in [0.2, 0.25) is 0 Å². The molecular formula is C19H29O3P. The summed E-state index contributed by atoms with van der Waals surface area (Å²) in [7, 11) is -2.53. The molecule has 4 rings (SSSR count). The summed E-state index contributed by atoms with van der Waals surface area (Å²) in [5, 5.41) is 11.2. The zero-order chi connectivity index (χ0) is 16.4. The van der Waals surface area contributed by atoms with E-state index in [1.165, 1.54) is 18.4 Å². The van der Waals surface area contributed by atoms with Crippen LogP contribution in [0.25, 0.3) is 0 Å². The fraction of sp³-hybridized carbons (Fsp3) is 0.789. The maximum absolute atomic E-state index is 11.5. The van der Waals surface area contributed by atoms with Gasteiger partial charge in [0.05, 0.1) is 6.10 Å². The third-order valence-corrected chi connectivity index (χ3v) is 8.94. The summed E-state index contributed by atoms with van der Waals surface area (Å²) in [6.07, 6.45) is 11.6. The van der Waals surface area contributed by atoms with Crippen LogP contribution in [-0.4, -0.2) is 16.1 Å². The van der Waals surface area contributed by atoms with Crippen molar-refractivity contribution in [2.24, 2.45) is 28.6 Å². The smallest absolute Gasteiger partial charge is 0.214 e. The first kappa shape index (κ1) is 16.1. The van der Waals surface area contributed by atoms with Crippen molar-refractivity contribution in [2.45, 2.75) is 64.9 Å². The van der Waals surface area contributed by atoms with E-state index in [2.05, 4.69) is 19.9 Å². The molecule has 0 saturated heterocycles. The summed E-state index contributed by atoms with van der Waals surface area (Å²) in [4.78, 5) is 9.49. The second kappa shape index (κ2) is 5.31. The average Bonchev–Trinajstić information content (AvgIpc) is 2.82. The van der Waals surface area contributed by atoms with Crippen molar-refractivity contribution < 1.29 is 14.6 Å². The minimum Gasteiger partial charge on any atom is -0.393 e. The van der Waals surface area contributed by atoms with Crippen LogP contribution in [0.5, 0.6) is 0 Å². The Hall–Kier alpha value is -0.370. The molecule has 0 radical (unpaired) electrons. The Labute approximate surface area is 139 Å². The van der Waals surface area contributed by atoms with E-state index < -0.39 is 8.03 Å². The number of aliphatic hydroxyl groups excluding tert-OH is 1. The van der Waals surface area contributed by atoms with Gasteiger partial charge in [-0.1, -0.05) is 26.0 Å². The van der Waals surface area contributed by atoms with Crippen LogP contribution >= 0.6 is 8.03 Å². The second-order valence-electron chi connectivity index (χ2n) is 8.80. The predicted molar refractivity (Wildman–Crippen MR) is 92.4 cm³/mol. The molecule has 0 spiro atoms. The standard InChI is InChI=1S/C19H29O3P/c1-18-9-7-13(23(21)22)11-12(18)3-4-14-15-5-6-17(20)19(15,2)10-8-16(14)18/h3,11,14-17,20,23H,4-10H2,1-2H3,(H,21,22)/t14-,15-,16+,17?,18-,19-/m0/s1. The molecule has 0 aromatic heterocycles. The Morgan fingerprint density at radius 3 is 2.70 bits per heavy atom. The van der Waals surface area contributed by atoms with Crippen molar-refractivity contribution in [1.82, 2.24) is 0 Å². The quantitative estimate of drug-likeness (QED) is 0.703. The number of hydrogen-bond acceptors (Lipinski definition) is 2. The van der Waals surface area contributed by atoms with E-state index >= 15 is 0 Å². The summed E-state index contributed by atoms with van der Waals surface area (Å²) in [6.45, 7) is 4.69. The molecule has 2 N–H and O–H groups in total. The number of rotatable bonds is 1. The molecule has 0 bridgehead atoms. The first-order valence-electron chi connectivity index (χ1n) is 9.19. The highest BCUT2D eigenvalue weighted by atomic mass is 31.1. The Kier molecular flexibility index (Phi) is 3.72. The zero-order valence-electron chi connectivity index (χ0n) is 14.2. The lowest BCUT2D eigenvalue weighted by molar-refractivity contribution is -0.0625. The minimum absolute atomic E-state index is 0.120. The topological polar surface area (TPSA) is 57.5 Å². The number of aliphatic hydroxyl groups is 1. The maximum Gasteiger partial charge on any atom is 0.214 e. The first-order chi connectivity index (χ1) is 10.9. The second-order valence-corrected chi connectivity index (χ2v) is 10.1. The van der Waals surface area contributed by atoms with Crippen molar-refractivity contribution in [2.75, 3.05) is 0 Å². The summed E-state index contributed by atoms with van der Waals surface area (Å²) in [5.41, 5.74) is 1.60. The highest BCUT2D eigenvalue weighted by Crippen LogP contribution is 2.65. The molecule has 3 nitrogen and oxygen atoms in total. The molecule has 2 unspecified atom stereocenters. The van der Waals surface area contributed by atoms with Crippen LogP contribution in [0.3, 0.4) is 0 Å². The Morgan fingerprint density at radius 2 is 1.96 bits per heavy atom. The third-order valence-electron chi connectivity index (χ3n) is 7.99. The molecule has 2 fully saturated rings. The molecule has 128 valence electrons. The van der Waals surface area contributed by atoms with Crippen molar-refractivity contribution in [3.63, 3.8) is 0 Å². The highest BCUT2D eigenvalue weighted by Gasteiger charge is 2.57. The fourth-order valence-corrected chi connectivity index (χ4v) is 7.08. The molecular weight excluding hydrogens is 307 g/mol. The highest BCUT2D eigenvalue weighted by molar-refractivity contribution is 7.43. The van der Waals surface area contributed by atoms with Crippen molar-refractivity contribution >= 4 is 8.03 Å². The summed E-state index contributed by atoms with van der Waals surface area (Å²) in [5.74, 6) is 2.00.